The molecular weight excluding hydrogens is 532 g/mol. The molecule has 0 aliphatic heterocycles. The number of para-hydroxylation sites is 2. The predicted octanol–water partition coefficient (Wildman–Crippen LogP) is 12.1. The molecule has 6 aromatic rings. The van der Waals surface area contributed by atoms with Crippen LogP contribution in [-0.4, -0.2) is 0 Å². The summed E-state index contributed by atoms with van der Waals surface area (Å²) in [5.41, 5.74) is 17.1. The fourth-order valence-electron chi connectivity index (χ4n) is 6.62. The van der Waals surface area contributed by atoms with Crippen LogP contribution in [0.1, 0.15) is 33.4 Å². The summed E-state index contributed by atoms with van der Waals surface area (Å²) in [6.07, 6.45) is 0. The van der Waals surface area contributed by atoms with E-state index >= 15 is 0 Å². The van der Waals surface area contributed by atoms with E-state index in [-0.39, 0.29) is 0 Å². The molecule has 6 aromatic carbocycles. The molecule has 0 fully saturated rings. The molecule has 0 bridgehead atoms. The molecule has 6 rings (SSSR count). The summed E-state index contributed by atoms with van der Waals surface area (Å²) < 4.78 is 0. The minimum atomic E-state index is 1.15. The molecule has 218 valence electrons. The molecule has 0 aliphatic carbocycles. The normalized spacial score (nSPS) is 11.0. The third-order valence-electron chi connectivity index (χ3n) is 8.33. The molecule has 0 aromatic heterocycles. The Kier molecular flexibility index (Phi) is 8.09. The number of nitrogens with zero attached hydrogens (tertiary/aromatic N) is 2. The summed E-state index contributed by atoms with van der Waals surface area (Å²) in [6, 6.07) is 48.3. The topological polar surface area (TPSA) is 6.48 Å². The fourth-order valence-corrected chi connectivity index (χ4v) is 6.62. The number of rotatable bonds is 7. The van der Waals surface area contributed by atoms with Gasteiger partial charge in [-0.15, -0.1) is 0 Å². The first kappa shape index (κ1) is 29.0. The van der Waals surface area contributed by atoms with E-state index in [4.69, 9.17) is 0 Å². The smallest absolute Gasteiger partial charge is 0.0520 e. The molecule has 0 aliphatic rings. The van der Waals surface area contributed by atoms with Crippen LogP contribution in [0.2, 0.25) is 0 Å². The maximum absolute atomic E-state index is 2.38. The highest BCUT2D eigenvalue weighted by Gasteiger charge is 2.19. The molecule has 0 radical (unpaired) electrons. The van der Waals surface area contributed by atoms with Crippen LogP contribution in [0, 0.1) is 41.5 Å². The van der Waals surface area contributed by atoms with Crippen molar-refractivity contribution in [3.63, 3.8) is 0 Å². The van der Waals surface area contributed by atoms with Gasteiger partial charge < -0.3 is 9.80 Å². The van der Waals surface area contributed by atoms with E-state index in [1.54, 1.807) is 0 Å². The third kappa shape index (κ3) is 5.76. The van der Waals surface area contributed by atoms with Crippen molar-refractivity contribution >= 4 is 34.1 Å². The zero-order valence-corrected chi connectivity index (χ0v) is 26.6. The van der Waals surface area contributed by atoms with Crippen LogP contribution in [0.25, 0.3) is 11.1 Å². The van der Waals surface area contributed by atoms with Crippen LogP contribution in [0.15, 0.2) is 133 Å². The van der Waals surface area contributed by atoms with Gasteiger partial charge >= 0.3 is 0 Å². The molecule has 0 saturated carbocycles. The van der Waals surface area contributed by atoms with Crippen LogP contribution in [-0.2, 0) is 0 Å². The van der Waals surface area contributed by atoms with Gasteiger partial charge in [0.2, 0.25) is 0 Å². The summed E-state index contributed by atoms with van der Waals surface area (Å²) in [5, 5.41) is 0. The van der Waals surface area contributed by atoms with Crippen LogP contribution in [0.4, 0.5) is 34.1 Å². The molecule has 0 heterocycles. The van der Waals surface area contributed by atoms with E-state index in [2.05, 4.69) is 185 Å². The van der Waals surface area contributed by atoms with Gasteiger partial charge in [-0.05, 0) is 123 Å². The van der Waals surface area contributed by atoms with Crippen LogP contribution in [0.5, 0.6) is 0 Å². The zero-order chi connectivity index (χ0) is 30.8. The largest absolute Gasteiger partial charge is 0.310 e. The molecule has 0 N–H and O–H groups in total. The van der Waals surface area contributed by atoms with Crippen molar-refractivity contribution < 1.29 is 0 Å². The Labute approximate surface area is 262 Å². The Hall–Kier alpha value is -5.08. The first-order chi connectivity index (χ1) is 21.3. The first-order valence-electron chi connectivity index (χ1n) is 15.4. The lowest BCUT2D eigenvalue weighted by molar-refractivity contribution is 1.20. The van der Waals surface area contributed by atoms with E-state index in [9.17, 15) is 0 Å². The van der Waals surface area contributed by atoms with Crippen molar-refractivity contribution in [3.05, 3.63) is 167 Å². The average Bonchev–Trinajstić information content (AvgIpc) is 3.02. The van der Waals surface area contributed by atoms with Crippen LogP contribution in [0.3, 0.4) is 0 Å². The standard InChI is InChI=1S/C42H40N2/c1-29-25-31(3)41(32(4)26-29)43(37-13-9-7-10-14-37)39-21-17-35(18-22-39)36-19-23-40(24-20-36)44(38-15-11-8-12-16-38)42-33(5)27-30(2)28-34(42)6/h7-28H,1-6H3. The third-order valence-corrected chi connectivity index (χ3v) is 8.33. The summed E-state index contributed by atoms with van der Waals surface area (Å²) >= 11 is 0. The molecule has 0 amide bonds. The molecule has 0 unspecified atom stereocenters. The average molecular weight is 573 g/mol. The van der Waals surface area contributed by atoms with Crippen molar-refractivity contribution in [2.45, 2.75) is 41.5 Å². The maximum Gasteiger partial charge on any atom is 0.0520 e. The molecule has 2 nitrogen and oxygen atoms in total. The zero-order valence-electron chi connectivity index (χ0n) is 26.6. The summed E-state index contributed by atoms with van der Waals surface area (Å²) in [6.45, 7) is 13.2. The lowest BCUT2D eigenvalue weighted by Crippen LogP contribution is -2.13. The minimum absolute atomic E-state index is 1.15. The number of aryl methyl sites for hydroxylation is 6. The molecule has 0 spiro atoms. The summed E-state index contributed by atoms with van der Waals surface area (Å²) in [5.74, 6) is 0. The molecule has 0 saturated heterocycles. The predicted molar refractivity (Wildman–Crippen MR) is 190 cm³/mol. The quantitative estimate of drug-likeness (QED) is 0.188. The molecule has 0 atom stereocenters. The van der Waals surface area contributed by atoms with Crippen LogP contribution < -0.4 is 9.80 Å². The van der Waals surface area contributed by atoms with Crippen molar-refractivity contribution in [1.82, 2.24) is 0 Å². The fraction of sp³-hybridized carbons (Fsp3) is 0.143. The SMILES string of the molecule is Cc1cc(C)c(N(c2ccccc2)c2ccc(-c3ccc(N(c4ccccc4)c4c(C)cc(C)cc4C)cc3)cc2)c(C)c1. The van der Waals surface area contributed by atoms with Gasteiger partial charge in [0.05, 0.1) is 11.4 Å². The highest BCUT2D eigenvalue weighted by Crippen LogP contribution is 2.41. The Morgan fingerprint density at radius 1 is 0.318 bits per heavy atom. The van der Waals surface area contributed by atoms with E-state index in [0.717, 1.165) is 22.7 Å². The van der Waals surface area contributed by atoms with Gasteiger partial charge in [0, 0.05) is 22.7 Å². The second-order valence-corrected chi connectivity index (χ2v) is 11.9. The minimum Gasteiger partial charge on any atom is -0.310 e. The second-order valence-electron chi connectivity index (χ2n) is 11.9. The van der Waals surface area contributed by atoms with Gasteiger partial charge in [-0.25, -0.2) is 0 Å². The number of benzene rings is 6. The second kappa shape index (κ2) is 12.3. The monoisotopic (exact) mass is 572 g/mol. The molecule has 44 heavy (non-hydrogen) atoms. The van der Waals surface area contributed by atoms with E-state index in [0.29, 0.717) is 0 Å². The maximum atomic E-state index is 2.38. The van der Waals surface area contributed by atoms with Gasteiger partial charge in [-0.2, -0.15) is 0 Å². The Morgan fingerprint density at radius 3 is 0.886 bits per heavy atom. The van der Waals surface area contributed by atoms with E-state index < -0.39 is 0 Å². The first-order valence-corrected chi connectivity index (χ1v) is 15.4. The van der Waals surface area contributed by atoms with Gasteiger partial charge in [-0.1, -0.05) is 96.1 Å². The van der Waals surface area contributed by atoms with Crippen LogP contribution >= 0.6 is 0 Å². The van der Waals surface area contributed by atoms with E-state index in [1.807, 2.05) is 0 Å². The van der Waals surface area contributed by atoms with Crippen molar-refractivity contribution in [3.8, 4) is 11.1 Å². The van der Waals surface area contributed by atoms with Crippen molar-refractivity contribution in [2.24, 2.45) is 0 Å². The van der Waals surface area contributed by atoms with Gasteiger partial charge in [-0.3, -0.25) is 0 Å². The molecule has 2 heteroatoms. The Balaban J connectivity index is 1.36. The lowest BCUT2D eigenvalue weighted by atomic mass is 10.0. The molecular formula is C42H40N2. The Morgan fingerprint density at radius 2 is 0.591 bits per heavy atom. The highest BCUT2D eigenvalue weighted by atomic mass is 15.2. The summed E-state index contributed by atoms with van der Waals surface area (Å²) in [4.78, 5) is 4.75. The van der Waals surface area contributed by atoms with Gasteiger partial charge in [0.25, 0.3) is 0 Å². The van der Waals surface area contributed by atoms with Gasteiger partial charge in [0.1, 0.15) is 0 Å². The number of hydrogen-bond donors (Lipinski definition) is 0. The van der Waals surface area contributed by atoms with Crippen molar-refractivity contribution in [2.75, 3.05) is 9.80 Å². The number of hydrogen-bond acceptors (Lipinski definition) is 2. The van der Waals surface area contributed by atoms with Gasteiger partial charge in [0.15, 0.2) is 0 Å². The number of anilines is 6. The lowest BCUT2D eigenvalue weighted by Gasteiger charge is -2.29. The summed E-state index contributed by atoms with van der Waals surface area (Å²) in [7, 11) is 0. The van der Waals surface area contributed by atoms with E-state index in [1.165, 1.54) is 55.9 Å². The highest BCUT2D eigenvalue weighted by molar-refractivity contribution is 5.84. The van der Waals surface area contributed by atoms with Crippen molar-refractivity contribution in [1.29, 1.82) is 0 Å². The Bertz CT molecular complexity index is 1700.